The Hall–Kier alpha value is -2.17. The van der Waals surface area contributed by atoms with E-state index in [2.05, 4.69) is 10.2 Å². The van der Waals surface area contributed by atoms with Crippen molar-refractivity contribution in [2.45, 2.75) is 12.5 Å². The quantitative estimate of drug-likeness (QED) is 0.804. The van der Waals surface area contributed by atoms with Crippen LogP contribution >= 0.6 is 0 Å². The fourth-order valence-corrected chi connectivity index (χ4v) is 1.60. The topological polar surface area (TPSA) is 54.3 Å². The van der Waals surface area contributed by atoms with Crippen molar-refractivity contribution < 1.29 is 9.53 Å². The van der Waals surface area contributed by atoms with Gasteiger partial charge in [0.2, 0.25) is 5.88 Å². The standard InChI is InChI=1S/C13H15N3O2/c1-13(10-7-5-4-6-8-10)9-11(14-15-13)18-12(17)16(2)3/h4-9H,1-3H3. The van der Waals surface area contributed by atoms with Crippen LogP contribution in [0.3, 0.4) is 0 Å². The molecule has 1 heterocycles. The number of carbonyl (C=O) groups is 1. The Morgan fingerprint density at radius 3 is 2.56 bits per heavy atom. The molecule has 1 aromatic rings. The van der Waals surface area contributed by atoms with Crippen LogP contribution < -0.4 is 0 Å². The van der Waals surface area contributed by atoms with Crippen molar-refractivity contribution in [3.8, 4) is 0 Å². The van der Waals surface area contributed by atoms with Gasteiger partial charge in [-0.3, -0.25) is 0 Å². The van der Waals surface area contributed by atoms with Crippen molar-refractivity contribution in [3.63, 3.8) is 0 Å². The van der Waals surface area contributed by atoms with Gasteiger partial charge in [-0.1, -0.05) is 30.3 Å². The van der Waals surface area contributed by atoms with Gasteiger partial charge < -0.3 is 9.64 Å². The molecule has 2 rings (SSSR count). The van der Waals surface area contributed by atoms with Gasteiger partial charge in [-0.2, -0.15) is 5.11 Å². The highest BCUT2D eigenvalue weighted by atomic mass is 16.6. The molecule has 0 aromatic heterocycles. The molecule has 94 valence electrons. The summed E-state index contributed by atoms with van der Waals surface area (Å²) in [6.07, 6.45) is 1.28. The van der Waals surface area contributed by atoms with Gasteiger partial charge in [0.05, 0.1) is 0 Å². The molecular formula is C13H15N3O2. The van der Waals surface area contributed by atoms with Crippen LogP contribution in [0.4, 0.5) is 4.79 Å². The first-order valence-electron chi connectivity index (χ1n) is 5.62. The summed E-state index contributed by atoms with van der Waals surface area (Å²) in [4.78, 5) is 12.7. The number of rotatable bonds is 2. The largest absolute Gasteiger partial charge is 0.416 e. The molecule has 1 aliphatic rings. The molecule has 0 radical (unpaired) electrons. The normalized spacial score (nSPS) is 21.6. The lowest BCUT2D eigenvalue weighted by molar-refractivity contribution is 0.145. The second-order valence-electron chi connectivity index (χ2n) is 4.46. The van der Waals surface area contributed by atoms with Gasteiger partial charge in [0.25, 0.3) is 0 Å². The number of ether oxygens (including phenoxy) is 1. The Morgan fingerprint density at radius 2 is 1.94 bits per heavy atom. The van der Waals surface area contributed by atoms with Gasteiger partial charge in [0.15, 0.2) is 0 Å². The highest BCUT2D eigenvalue weighted by molar-refractivity contribution is 5.68. The van der Waals surface area contributed by atoms with E-state index < -0.39 is 11.6 Å². The Bertz CT molecular complexity index is 508. The lowest BCUT2D eigenvalue weighted by Crippen LogP contribution is -2.22. The van der Waals surface area contributed by atoms with Crippen molar-refractivity contribution in [1.82, 2.24) is 4.90 Å². The molecule has 5 heteroatoms. The van der Waals surface area contributed by atoms with E-state index in [-0.39, 0.29) is 5.88 Å². The number of benzene rings is 1. The minimum Gasteiger partial charge on any atom is -0.390 e. The maximum absolute atomic E-state index is 11.4. The maximum atomic E-state index is 11.4. The third-order valence-corrected chi connectivity index (χ3v) is 2.68. The van der Waals surface area contributed by atoms with E-state index in [9.17, 15) is 4.79 Å². The first-order chi connectivity index (χ1) is 8.51. The predicted octanol–water partition coefficient (Wildman–Crippen LogP) is 2.91. The van der Waals surface area contributed by atoms with E-state index in [1.807, 2.05) is 37.3 Å². The van der Waals surface area contributed by atoms with Crippen LogP contribution in [-0.4, -0.2) is 25.1 Å². The summed E-state index contributed by atoms with van der Waals surface area (Å²) < 4.78 is 5.08. The molecule has 0 aliphatic carbocycles. The number of amides is 1. The monoisotopic (exact) mass is 245 g/mol. The summed E-state index contributed by atoms with van der Waals surface area (Å²) in [7, 11) is 3.23. The number of hydrogen-bond acceptors (Lipinski definition) is 4. The zero-order chi connectivity index (χ0) is 13.2. The van der Waals surface area contributed by atoms with Crippen molar-refractivity contribution in [2.75, 3.05) is 14.1 Å². The third-order valence-electron chi connectivity index (χ3n) is 2.68. The van der Waals surface area contributed by atoms with Crippen LogP contribution in [0.25, 0.3) is 0 Å². The minimum atomic E-state index is -0.566. The van der Waals surface area contributed by atoms with E-state index in [0.717, 1.165) is 5.56 Å². The summed E-state index contributed by atoms with van der Waals surface area (Å²) >= 11 is 0. The summed E-state index contributed by atoms with van der Waals surface area (Å²) in [6, 6.07) is 9.75. The lowest BCUT2D eigenvalue weighted by atomic mass is 9.93. The van der Waals surface area contributed by atoms with Gasteiger partial charge in [-0.15, -0.1) is 5.11 Å². The van der Waals surface area contributed by atoms with Crippen molar-refractivity contribution >= 4 is 6.09 Å². The molecule has 5 nitrogen and oxygen atoms in total. The molecule has 1 aliphatic heterocycles. The predicted molar refractivity (Wildman–Crippen MR) is 66.9 cm³/mol. The van der Waals surface area contributed by atoms with Crippen molar-refractivity contribution in [3.05, 3.63) is 47.9 Å². The maximum Gasteiger partial charge on any atom is 0.416 e. The molecule has 0 N–H and O–H groups in total. The van der Waals surface area contributed by atoms with Gasteiger partial charge in [-0.25, -0.2) is 4.79 Å². The Kier molecular flexibility index (Phi) is 3.14. The van der Waals surface area contributed by atoms with E-state index in [0.29, 0.717) is 0 Å². The van der Waals surface area contributed by atoms with Crippen LogP contribution in [0.1, 0.15) is 12.5 Å². The molecule has 1 aromatic carbocycles. The SMILES string of the molecule is CN(C)C(=O)OC1=CC(C)(c2ccccc2)N=N1. The van der Waals surface area contributed by atoms with E-state index in [1.165, 1.54) is 4.90 Å². The van der Waals surface area contributed by atoms with E-state index in [4.69, 9.17) is 4.74 Å². The smallest absolute Gasteiger partial charge is 0.390 e. The number of carbonyl (C=O) groups excluding carboxylic acids is 1. The second kappa shape index (κ2) is 4.60. The minimum absolute atomic E-state index is 0.236. The molecule has 18 heavy (non-hydrogen) atoms. The first-order valence-corrected chi connectivity index (χ1v) is 5.62. The number of hydrogen-bond donors (Lipinski definition) is 0. The Labute approximate surface area is 106 Å². The van der Waals surface area contributed by atoms with E-state index >= 15 is 0 Å². The molecular weight excluding hydrogens is 230 g/mol. The molecule has 0 spiro atoms. The van der Waals surface area contributed by atoms with Gasteiger partial charge in [0, 0.05) is 20.2 Å². The fraction of sp³-hybridized carbons (Fsp3) is 0.308. The molecule has 0 saturated carbocycles. The van der Waals surface area contributed by atoms with Gasteiger partial charge >= 0.3 is 6.09 Å². The molecule has 1 atom stereocenters. The summed E-state index contributed by atoms with van der Waals surface area (Å²) in [5.74, 6) is 0.236. The molecule has 1 unspecified atom stereocenters. The van der Waals surface area contributed by atoms with Crippen LogP contribution in [-0.2, 0) is 10.3 Å². The highest BCUT2D eigenvalue weighted by Gasteiger charge is 2.30. The zero-order valence-corrected chi connectivity index (χ0v) is 10.6. The van der Waals surface area contributed by atoms with Crippen molar-refractivity contribution in [2.24, 2.45) is 10.2 Å². The van der Waals surface area contributed by atoms with Gasteiger partial charge in [-0.05, 0) is 12.5 Å². The van der Waals surface area contributed by atoms with Crippen molar-refractivity contribution in [1.29, 1.82) is 0 Å². The van der Waals surface area contributed by atoms with Gasteiger partial charge in [0.1, 0.15) is 5.54 Å². The highest BCUT2D eigenvalue weighted by Crippen LogP contribution is 2.34. The Morgan fingerprint density at radius 1 is 1.28 bits per heavy atom. The van der Waals surface area contributed by atoms with Crippen LogP contribution in [0.5, 0.6) is 0 Å². The van der Waals surface area contributed by atoms with Crippen LogP contribution in [0.15, 0.2) is 52.5 Å². The molecule has 0 saturated heterocycles. The molecule has 0 bridgehead atoms. The summed E-state index contributed by atoms with van der Waals surface area (Å²) in [5.41, 5.74) is 0.438. The Balaban J connectivity index is 2.18. The summed E-state index contributed by atoms with van der Waals surface area (Å²) in [6.45, 7) is 1.92. The number of nitrogens with zero attached hydrogens (tertiary/aromatic N) is 3. The molecule has 1 amide bonds. The van der Waals surface area contributed by atoms with Crippen LogP contribution in [0, 0.1) is 0 Å². The average molecular weight is 245 g/mol. The summed E-state index contributed by atoms with van der Waals surface area (Å²) in [5, 5.41) is 8.07. The second-order valence-corrected chi connectivity index (χ2v) is 4.46. The fourth-order valence-electron chi connectivity index (χ4n) is 1.60. The lowest BCUT2D eigenvalue weighted by Gasteiger charge is -2.16. The van der Waals surface area contributed by atoms with Crippen LogP contribution in [0.2, 0.25) is 0 Å². The third kappa shape index (κ3) is 2.40. The van der Waals surface area contributed by atoms with E-state index in [1.54, 1.807) is 20.2 Å². The average Bonchev–Trinajstić information content (AvgIpc) is 2.73. The first kappa shape index (κ1) is 12.3. The molecule has 0 fully saturated rings. The zero-order valence-electron chi connectivity index (χ0n) is 10.6. The number of azo groups is 1.